The Balaban J connectivity index is 2.24. The Morgan fingerprint density at radius 2 is 2.44 bits per heavy atom. The molecule has 2 N–H and O–H groups in total. The van der Waals surface area contributed by atoms with Gasteiger partial charge in [0.05, 0.1) is 11.5 Å². The van der Waals surface area contributed by atoms with Gasteiger partial charge in [0.15, 0.2) is 0 Å². The van der Waals surface area contributed by atoms with E-state index in [1.54, 1.807) is 7.11 Å². The van der Waals surface area contributed by atoms with Crippen LogP contribution < -0.4 is 10.6 Å². The number of methoxy groups -OCH3 is 1. The van der Waals surface area contributed by atoms with Crippen LogP contribution in [0.3, 0.4) is 0 Å². The molecular weight excluding hydrogens is 238 g/mol. The first-order valence-corrected chi connectivity index (χ1v) is 5.62. The topological polar surface area (TPSA) is 107 Å². The zero-order valence-electron chi connectivity index (χ0n) is 10.1. The maximum atomic E-state index is 11.0. The molecule has 1 aromatic heterocycles. The van der Waals surface area contributed by atoms with E-state index < -0.39 is 4.92 Å². The fourth-order valence-corrected chi connectivity index (χ4v) is 2.19. The molecule has 1 aliphatic rings. The van der Waals surface area contributed by atoms with E-state index in [4.69, 9.17) is 10.5 Å². The highest BCUT2D eigenvalue weighted by Gasteiger charge is 2.30. The summed E-state index contributed by atoms with van der Waals surface area (Å²) in [6.45, 7) is 2.04. The Kier molecular flexibility index (Phi) is 3.56. The number of ether oxygens (including phenoxy) is 1. The van der Waals surface area contributed by atoms with Crippen LogP contribution in [0.15, 0.2) is 6.33 Å². The van der Waals surface area contributed by atoms with Crippen molar-refractivity contribution >= 4 is 17.3 Å². The summed E-state index contributed by atoms with van der Waals surface area (Å²) in [6.07, 6.45) is 2.18. The summed E-state index contributed by atoms with van der Waals surface area (Å²) in [5.41, 5.74) is 5.33. The second-order valence-corrected chi connectivity index (χ2v) is 4.24. The summed E-state index contributed by atoms with van der Waals surface area (Å²) < 4.78 is 5.09. The van der Waals surface area contributed by atoms with E-state index in [0.29, 0.717) is 31.4 Å². The first-order chi connectivity index (χ1) is 8.63. The molecule has 1 aromatic rings. The van der Waals surface area contributed by atoms with Gasteiger partial charge in [-0.3, -0.25) is 10.1 Å². The number of nitro groups is 1. The Hall–Kier alpha value is -1.96. The first kappa shape index (κ1) is 12.5. The van der Waals surface area contributed by atoms with Crippen LogP contribution in [0.2, 0.25) is 0 Å². The van der Waals surface area contributed by atoms with Crippen molar-refractivity contribution in [3.05, 3.63) is 16.4 Å². The van der Waals surface area contributed by atoms with Crippen LogP contribution in [0.25, 0.3) is 0 Å². The summed E-state index contributed by atoms with van der Waals surface area (Å²) in [5, 5.41) is 11.0. The molecule has 2 heterocycles. The van der Waals surface area contributed by atoms with Gasteiger partial charge in [0.25, 0.3) is 0 Å². The number of rotatable bonds is 4. The molecule has 0 aromatic carbocycles. The van der Waals surface area contributed by atoms with Gasteiger partial charge in [-0.15, -0.1) is 0 Å². The van der Waals surface area contributed by atoms with E-state index in [1.807, 2.05) is 4.90 Å². The molecule has 1 aliphatic heterocycles. The highest BCUT2D eigenvalue weighted by molar-refractivity contribution is 5.68. The van der Waals surface area contributed by atoms with E-state index in [9.17, 15) is 10.1 Å². The zero-order chi connectivity index (χ0) is 13.1. The lowest BCUT2D eigenvalue weighted by atomic mass is 10.1. The number of nitrogens with two attached hydrogens (primary N) is 1. The van der Waals surface area contributed by atoms with Gasteiger partial charge in [0.2, 0.25) is 11.6 Å². The molecule has 0 bridgehead atoms. The molecule has 0 saturated carbocycles. The van der Waals surface area contributed by atoms with E-state index in [2.05, 4.69) is 9.97 Å². The molecule has 1 saturated heterocycles. The quantitative estimate of drug-likeness (QED) is 0.612. The number of hydrogen-bond donors (Lipinski definition) is 1. The second kappa shape index (κ2) is 5.13. The average Bonchev–Trinajstić information content (AvgIpc) is 2.77. The van der Waals surface area contributed by atoms with Gasteiger partial charge in [-0.05, 0) is 6.42 Å². The van der Waals surface area contributed by atoms with Crippen molar-refractivity contribution in [3.8, 4) is 0 Å². The molecule has 1 fully saturated rings. The number of nitrogen functional groups attached to an aromatic ring is 1. The minimum Gasteiger partial charge on any atom is -0.384 e. The predicted octanol–water partition coefficient (Wildman–Crippen LogP) is 0.440. The third-order valence-electron chi connectivity index (χ3n) is 3.00. The highest BCUT2D eigenvalue weighted by atomic mass is 16.6. The van der Waals surface area contributed by atoms with Gasteiger partial charge in [-0.2, -0.15) is 0 Å². The van der Waals surface area contributed by atoms with Gasteiger partial charge >= 0.3 is 5.69 Å². The molecule has 2 rings (SSSR count). The Morgan fingerprint density at radius 1 is 1.67 bits per heavy atom. The number of aromatic nitrogens is 2. The molecule has 1 atom stereocenters. The van der Waals surface area contributed by atoms with Crippen molar-refractivity contribution in [1.82, 2.24) is 9.97 Å². The van der Waals surface area contributed by atoms with Crippen molar-refractivity contribution in [1.29, 1.82) is 0 Å². The lowest BCUT2D eigenvalue weighted by Gasteiger charge is -2.17. The zero-order valence-corrected chi connectivity index (χ0v) is 10.1. The van der Waals surface area contributed by atoms with Crippen LogP contribution in [0.1, 0.15) is 6.42 Å². The molecule has 0 spiro atoms. The average molecular weight is 253 g/mol. The number of nitrogens with zero attached hydrogens (tertiary/aromatic N) is 4. The van der Waals surface area contributed by atoms with E-state index >= 15 is 0 Å². The Labute approximate surface area is 104 Å². The summed E-state index contributed by atoms with van der Waals surface area (Å²) >= 11 is 0. The smallest absolute Gasteiger partial charge is 0.353 e. The predicted molar refractivity (Wildman–Crippen MR) is 65.3 cm³/mol. The fourth-order valence-electron chi connectivity index (χ4n) is 2.19. The van der Waals surface area contributed by atoms with Crippen molar-refractivity contribution < 1.29 is 9.66 Å². The van der Waals surface area contributed by atoms with Gasteiger partial charge < -0.3 is 15.4 Å². The molecule has 18 heavy (non-hydrogen) atoms. The summed E-state index contributed by atoms with van der Waals surface area (Å²) in [4.78, 5) is 20.0. The van der Waals surface area contributed by atoms with Gasteiger partial charge in [0.1, 0.15) is 6.33 Å². The lowest BCUT2D eigenvalue weighted by molar-refractivity contribution is -0.383. The van der Waals surface area contributed by atoms with E-state index in [1.165, 1.54) is 6.33 Å². The third-order valence-corrected chi connectivity index (χ3v) is 3.00. The van der Waals surface area contributed by atoms with Crippen molar-refractivity contribution in [2.24, 2.45) is 5.92 Å². The van der Waals surface area contributed by atoms with Crippen LogP contribution in [0, 0.1) is 16.0 Å². The van der Waals surface area contributed by atoms with Crippen LogP contribution in [0.4, 0.5) is 17.3 Å². The number of hydrogen-bond acceptors (Lipinski definition) is 7. The van der Waals surface area contributed by atoms with Gasteiger partial charge in [-0.25, -0.2) is 9.97 Å². The molecule has 8 heteroatoms. The van der Waals surface area contributed by atoms with Crippen molar-refractivity contribution in [2.75, 3.05) is 37.4 Å². The minimum absolute atomic E-state index is 0.0970. The SMILES string of the molecule is COCC1CCN(c2ncnc(N)c2[N+](=O)[O-])C1. The molecule has 0 aliphatic carbocycles. The largest absolute Gasteiger partial charge is 0.384 e. The standard InChI is InChI=1S/C10H15N5O3/c1-18-5-7-2-3-14(4-7)10-8(15(16)17)9(11)12-6-13-10/h6-7H,2-5H2,1H3,(H2,11,12,13). The van der Waals surface area contributed by atoms with Crippen molar-refractivity contribution in [2.45, 2.75) is 6.42 Å². The Morgan fingerprint density at radius 3 is 3.11 bits per heavy atom. The molecule has 0 amide bonds. The van der Waals surface area contributed by atoms with Crippen molar-refractivity contribution in [3.63, 3.8) is 0 Å². The summed E-state index contributed by atoms with van der Waals surface area (Å²) in [7, 11) is 1.65. The second-order valence-electron chi connectivity index (χ2n) is 4.24. The third kappa shape index (κ3) is 2.33. The van der Waals surface area contributed by atoms with E-state index in [-0.39, 0.29) is 11.5 Å². The summed E-state index contributed by atoms with van der Waals surface area (Å²) in [5.74, 6) is 0.567. The fraction of sp³-hybridized carbons (Fsp3) is 0.600. The molecule has 1 unspecified atom stereocenters. The maximum absolute atomic E-state index is 11.0. The van der Waals surface area contributed by atoms with Crippen LogP contribution in [0.5, 0.6) is 0 Å². The maximum Gasteiger partial charge on any atom is 0.353 e. The highest BCUT2D eigenvalue weighted by Crippen LogP contribution is 2.32. The normalized spacial score (nSPS) is 19.2. The molecule has 98 valence electrons. The lowest BCUT2D eigenvalue weighted by Crippen LogP contribution is -2.23. The molecule has 8 nitrogen and oxygen atoms in total. The molecular formula is C10H15N5O3. The van der Waals surface area contributed by atoms with Crippen LogP contribution >= 0.6 is 0 Å². The van der Waals surface area contributed by atoms with Crippen LogP contribution in [-0.2, 0) is 4.74 Å². The van der Waals surface area contributed by atoms with Crippen LogP contribution in [-0.4, -0.2) is 41.7 Å². The molecule has 0 radical (unpaired) electrons. The van der Waals surface area contributed by atoms with E-state index in [0.717, 1.165) is 6.42 Å². The summed E-state index contributed by atoms with van der Waals surface area (Å²) in [6, 6.07) is 0. The first-order valence-electron chi connectivity index (χ1n) is 5.62. The van der Waals surface area contributed by atoms with Gasteiger partial charge in [0, 0.05) is 26.1 Å². The monoisotopic (exact) mass is 253 g/mol. The minimum atomic E-state index is -0.533. The Bertz CT molecular complexity index is 453. The van der Waals surface area contributed by atoms with Gasteiger partial charge in [-0.1, -0.05) is 0 Å². The number of anilines is 2.